The lowest BCUT2D eigenvalue weighted by atomic mass is 9.97. The van der Waals surface area contributed by atoms with Gasteiger partial charge in [0.05, 0.1) is 11.4 Å². The summed E-state index contributed by atoms with van der Waals surface area (Å²) >= 11 is 1.61. The molecule has 0 amide bonds. The minimum Gasteiger partial charge on any atom is -0.333 e. The molecule has 0 aliphatic carbocycles. The van der Waals surface area contributed by atoms with Gasteiger partial charge in [-0.05, 0) is 23.8 Å². The van der Waals surface area contributed by atoms with Gasteiger partial charge in [-0.3, -0.25) is 4.90 Å². The summed E-state index contributed by atoms with van der Waals surface area (Å²) in [4.78, 5) is 7.77. The maximum atomic E-state index is 6.05. The highest BCUT2D eigenvalue weighted by molar-refractivity contribution is 7.13. The molecule has 3 rings (SSSR count). The summed E-state index contributed by atoms with van der Waals surface area (Å²) in [6.07, 6.45) is 1.10. The molecule has 0 saturated carbocycles. The number of hydrogen-bond acceptors (Lipinski definition) is 6. The third-order valence-electron chi connectivity index (χ3n) is 3.33. The van der Waals surface area contributed by atoms with Crippen molar-refractivity contribution < 1.29 is 4.52 Å². The van der Waals surface area contributed by atoms with E-state index in [1.807, 2.05) is 17.5 Å². The van der Waals surface area contributed by atoms with Crippen LogP contribution in [0.3, 0.4) is 0 Å². The van der Waals surface area contributed by atoms with Crippen LogP contribution in [0.25, 0.3) is 10.8 Å². The Balaban J connectivity index is 1.67. The molecule has 102 valence electrons. The number of aromatic nitrogens is 2. The van der Waals surface area contributed by atoms with E-state index in [1.165, 1.54) is 0 Å². The molecular formula is C13H18N4OS. The summed E-state index contributed by atoms with van der Waals surface area (Å²) in [6.45, 7) is 4.91. The third-order valence-corrected chi connectivity index (χ3v) is 4.19. The SMILES string of the molecule is CC1CC(N)CN(Cc2noc(-c3cccs3)n2)C1. The van der Waals surface area contributed by atoms with Crippen molar-refractivity contribution in [2.75, 3.05) is 13.1 Å². The summed E-state index contributed by atoms with van der Waals surface area (Å²) in [6, 6.07) is 4.23. The van der Waals surface area contributed by atoms with Crippen molar-refractivity contribution in [3.05, 3.63) is 23.3 Å². The molecule has 1 aliphatic rings. The van der Waals surface area contributed by atoms with Crippen LogP contribution in [-0.4, -0.2) is 34.2 Å². The molecule has 19 heavy (non-hydrogen) atoms. The second-order valence-corrected chi connectivity index (χ2v) is 6.24. The van der Waals surface area contributed by atoms with E-state index in [0.29, 0.717) is 18.4 Å². The minimum absolute atomic E-state index is 0.257. The number of piperidine rings is 1. The quantitative estimate of drug-likeness (QED) is 0.929. The smallest absolute Gasteiger partial charge is 0.268 e. The van der Waals surface area contributed by atoms with Crippen molar-refractivity contribution in [1.29, 1.82) is 0 Å². The van der Waals surface area contributed by atoms with Crippen LogP contribution in [0.4, 0.5) is 0 Å². The summed E-state index contributed by atoms with van der Waals surface area (Å²) in [7, 11) is 0. The fraction of sp³-hybridized carbons (Fsp3) is 0.538. The first kappa shape index (κ1) is 12.8. The Hall–Kier alpha value is -1.24. The summed E-state index contributed by atoms with van der Waals surface area (Å²) < 4.78 is 5.30. The fourth-order valence-electron chi connectivity index (χ4n) is 2.66. The van der Waals surface area contributed by atoms with Crippen LogP contribution in [-0.2, 0) is 6.54 Å². The average molecular weight is 278 g/mol. The Morgan fingerprint density at radius 3 is 3.16 bits per heavy atom. The molecule has 1 fully saturated rings. The number of nitrogens with two attached hydrogens (primary N) is 1. The van der Waals surface area contributed by atoms with Crippen molar-refractivity contribution in [3.63, 3.8) is 0 Å². The van der Waals surface area contributed by atoms with Crippen LogP contribution < -0.4 is 5.73 Å². The highest BCUT2D eigenvalue weighted by Crippen LogP contribution is 2.23. The number of hydrogen-bond donors (Lipinski definition) is 1. The molecule has 0 radical (unpaired) electrons. The molecule has 2 N–H and O–H groups in total. The van der Waals surface area contributed by atoms with Crippen LogP contribution in [0.1, 0.15) is 19.2 Å². The van der Waals surface area contributed by atoms with E-state index in [1.54, 1.807) is 11.3 Å². The normalized spacial score (nSPS) is 24.7. The van der Waals surface area contributed by atoms with E-state index in [-0.39, 0.29) is 6.04 Å². The second kappa shape index (κ2) is 5.40. The first-order chi connectivity index (χ1) is 9.20. The lowest BCUT2D eigenvalue weighted by Crippen LogP contribution is -2.45. The van der Waals surface area contributed by atoms with E-state index in [0.717, 1.165) is 30.2 Å². The van der Waals surface area contributed by atoms with Gasteiger partial charge in [-0.1, -0.05) is 18.1 Å². The molecule has 3 heterocycles. The lowest BCUT2D eigenvalue weighted by molar-refractivity contribution is 0.153. The molecule has 2 unspecified atom stereocenters. The van der Waals surface area contributed by atoms with Crippen molar-refractivity contribution in [3.8, 4) is 10.8 Å². The van der Waals surface area contributed by atoms with Crippen molar-refractivity contribution in [2.45, 2.75) is 25.9 Å². The van der Waals surface area contributed by atoms with Gasteiger partial charge in [0.1, 0.15) is 0 Å². The van der Waals surface area contributed by atoms with Crippen LogP contribution in [0, 0.1) is 5.92 Å². The van der Waals surface area contributed by atoms with Gasteiger partial charge >= 0.3 is 0 Å². The van der Waals surface area contributed by atoms with Gasteiger partial charge in [0.15, 0.2) is 5.82 Å². The van der Waals surface area contributed by atoms with Crippen LogP contribution in [0.15, 0.2) is 22.0 Å². The first-order valence-electron chi connectivity index (χ1n) is 6.55. The zero-order chi connectivity index (χ0) is 13.2. The largest absolute Gasteiger partial charge is 0.333 e. The Morgan fingerprint density at radius 2 is 2.42 bits per heavy atom. The zero-order valence-electron chi connectivity index (χ0n) is 11.0. The summed E-state index contributed by atoms with van der Waals surface area (Å²) in [5.41, 5.74) is 6.05. The van der Waals surface area contributed by atoms with Gasteiger partial charge < -0.3 is 10.3 Å². The van der Waals surface area contributed by atoms with Gasteiger partial charge in [0.2, 0.25) is 0 Å². The van der Waals surface area contributed by atoms with Crippen molar-refractivity contribution in [2.24, 2.45) is 11.7 Å². The summed E-state index contributed by atoms with van der Waals surface area (Å²) in [5, 5.41) is 6.06. The van der Waals surface area contributed by atoms with Gasteiger partial charge in [-0.15, -0.1) is 11.3 Å². The molecule has 2 aromatic heterocycles. The predicted molar refractivity (Wildman–Crippen MR) is 74.6 cm³/mol. The van der Waals surface area contributed by atoms with Crippen molar-refractivity contribution >= 4 is 11.3 Å². The van der Waals surface area contributed by atoms with Crippen LogP contribution in [0.5, 0.6) is 0 Å². The highest BCUT2D eigenvalue weighted by atomic mass is 32.1. The Kier molecular flexibility index (Phi) is 3.63. The first-order valence-corrected chi connectivity index (χ1v) is 7.43. The predicted octanol–water partition coefficient (Wildman–Crippen LogP) is 1.97. The van der Waals surface area contributed by atoms with E-state index in [2.05, 4.69) is 22.0 Å². The van der Waals surface area contributed by atoms with E-state index >= 15 is 0 Å². The van der Waals surface area contributed by atoms with Crippen molar-refractivity contribution in [1.82, 2.24) is 15.0 Å². The van der Waals surface area contributed by atoms with Crippen LogP contribution in [0.2, 0.25) is 0 Å². The molecular weight excluding hydrogens is 260 g/mol. The van der Waals surface area contributed by atoms with Gasteiger partial charge in [-0.25, -0.2) is 0 Å². The van der Waals surface area contributed by atoms with Gasteiger partial charge in [-0.2, -0.15) is 4.98 Å². The maximum absolute atomic E-state index is 6.05. The Labute approximate surface area is 116 Å². The van der Waals surface area contributed by atoms with E-state index in [9.17, 15) is 0 Å². The second-order valence-electron chi connectivity index (χ2n) is 5.29. The Bertz CT molecular complexity index is 514. The van der Waals surface area contributed by atoms with E-state index in [4.69, 9.17) is 10.3 Å². The summed E-state index contributed by atoms with van der Waals surface area (Å²) in [5.74, 6) is 1.98. The fourth-order valence-corrected chi connectivity index (χ4v) is 3.31. The standard InChI is InChI=1S/C13H18N4OS/c1-9-5-10(14)7-17(6-9)8-12-15-13(18-16-12)11-3-2-4-19-11/h2-4,9-10H,5-8,14H2,1H3. The average Bonchev–Trinajstić information content (AvgIpc) is 2.96. The highest BCUT2D eigenvalue weighted by Gasteiger charge is 2.23. The molecule has 1 aliphatic heterocycles. The van der Waals surface area contributed by atoms with Crippen LogP contribution >= 0.6 is 11.3 Å². The van der Waals surface area contributed by atoms with E-state index < -0.39 is 0 Å². The number of rotatable bonds is 3. The molecule has 2 aromatic rings. The monoisotopic (exact) mass is 278 g/mol. The topological polar surface area (TPSA) is 68.2 Å². The minimum atomic E-state index is 0.257. The van der Waals surface area contributed by atoms with Gasteiger partial charge in [0.25, 0.3) is 5.89 Å². The van der Waals surface area contributed by atoms with Gasteiger partial charge in [0, 0.05) is 19.1 Å². The molecule has 0 spiro atoms. The third kappa shape index (κ3) is 3.02. The molecule has 0 bridgehead atoms. The number of likely N-dealkylation sites (tertiary alicyclic amines) is 1. The maximum Gasteiger partial charge on any atom is 0.268 e. The Morgan fingerprint density at radius 1 is 1.53 bits per heavy atom. The molecule has 2 atom stereocenters. The number of nitrogens with zero attached hydrogens (tertiary/aromatic N) is 3. The number of thiophene rings is 1. The lowest BCUT2D eigenvalue weighted by Gasteiger charge is -2.33. The molecule has 5 nitrogen and oxygen atoms in total. The zero-order valence-corrected chi connectivity index (χ0v) is 11.8. The molecule has 0 aromatic carbocycles. The molecule has 1 saturated heterocycles. The molecule has 6 heteroatoms.